The summed E-state index contributed by atoms with van der Waals surface area (Å²) >= 11 is 0. The minimum Gasteiger partial charge on any atom is -0.493 e. The van der Waals surface area contributed by atoms with E-state index in [4.69, 9.17) is 14.2 Å². The first-order chi connectivity index (χ1) is 13.2. The first kappa shape index (κ1) is 20.0. The minimum absolute atomic E-state index is 0.0408. The predicted octanol–water partition coefficient (Wildman–Crippen LogP) is 3.78. The van der Waals surface area contributed by atoms with E-state index in [-0.39, 0.29) is 11.9 Å². The Bertz CT molecular complexity index is 831. The number of allylic oxidation sites excluding steroid dienone is 4. The van der Waals surface area contributed by atoms with Crippen molar-refractivity contribution in [3.8, 4) is 11.5 Å². The van der Waals surface area contributed by atoms with Gasteiger partial charge in [0.1, 0.15) is 5.60 Å². The van der Waals surface area contributed by atoms with E-state index in [1.807, 2.05) is 45.1 Å². The van der Waals surface area contributed by atoms with E-state index in [2.05, 4.69) is 0 Å². The Morgan fingerprint density at radius 2 is 1.68 bits per heavy atom. The average Bonchev–Trinajstić information content (AvgIpc) is 2.79. The molecule has 0 aromatic heterocycles. The van der Waals surface area contributed by atoms with E-state index >= 15 is 0 Å². The van der Waals surface area contributed by atoms with Crippen molar-refractivity contribution in [1.82, 2.24) is 4.90 Å². The molecular formula is C22H27NO5. The zero-order valence-corrected chi connectivity index (χ0v) is 17.1. The molecular weight excluding hydrogens is 358 g/mol. The molecule has 0 fully saturated rings. The maximum atomic E-state index is 12.7. The standard InChI is InChI=1S/C22H27NO5/c1-21(2,3)28-20(25)23-11-10-22(8-6-16(24)7-9-22)17-13-19(27-5)18(26-4)12-15(17)14-23/h6-9,12-13H,10-11,14H2,1-5H3. The third-order valence-corrected chi connectivity index (χ3v) is 5.01. The molecule has 0 atom stereocenters. The Morgan fingerprint density at radius 3 is 2.25 bits per heavy atom. The number of benzene rings is 1. The number of ketones is 1. The second-order valence-corrected chi connectivity index (χ2v) is 8.13. The second-order valence-electron chi connectivity index (χ2n) is 8.13. The van der Waals surface area contributed by atoms with Crippen LogP contribution in [0.15, 0.2) is 36.4 Å². The number of amides is 1. The number of methoxy groups -OCH3 is 2. The van der Waals surface area contributed by atoms with Crippen LogP contribution < -0.4 is 9.47 Å². The summed E-state index contributed by atoms with van der Waals surface area (Å²) in [6, 6.07) is 3.84. The molecule has 1 spiro atoms. The molecule has 1 aromatic carbocycles. The van der Waals surface area contributed by atoms with Crippen LogP contribution in [0.4, 0.5) is 4.79 Å². The second kappa shape index (κ2) is 7.34. The van der Waals surface area contributed by atoms with Crippen molar-refractivity contribution in [2.75, 3.05) is 20.8 Å². The molecule has 1 amide bonds. The summed E-state index contributed by atoms with van der Waals surface area (Å²) in [5, 5.41) is 0. The van der Waals surface area contributed by atoms with E-state index in [0.717, 1.165) is 11.1 Å². The van der Waals surface area contributed by atoms with Gasteiger partial charge < -0.3 is 19.1 Å². The third-order valence-electron chi connectivity index (χ3n) is 5.01. The van der Waals surface area contributed by atoms with Crippen molar-refractivity contribution >= 4 is 11.9 Å². The molecule has 6 heteroatoms. The Kier molecular flexibility index (Phi) is 5.24. The van der Waals surface area contributed by atoms with Crippen molar-refractivity contribution in [3.05, 3.63) is 47.6 Å². The zero-order chi connectivity index (χ0) is 20.5. The van der Waals surface area contributed by atoms with Gasteiger partial charge in [-0.15, -0.1) is 0 Å². The number of fused-ring (bicyclic) bond motifs is 2. The first-order valence-corrected chi connectivity index (χ1v) is 9.33. The van der Waals surface area contributed by atoms with Gasteiger partial charge in [-0.25, -0.2) is 4.79 Å². The third kappa shape index (κ3) is 3.91. The van der Waals surface area contributed by atoms with Gasteiger partial charge in [0.2, 0.25) is 0 Å². The minimum atomic E-state index is -0.571. The van der Waals surface area contributed by atoms with Crippen LogP contribution in [0.3, 0.4) is 0 Å². The van der Waals surface area contributed by atoms with Crippen molar-refractivity contribution < 1.29 is 23.8 Å². The molecule has 3 rings (SSSR count). The van der Waals surface area contributed by atoms with E-state index in [1.54, 1.807) is 31.3 Å². The van der Waals surface area contributed by atoms with Crippen LogP contribution in [0.5, 0.6) is 11.5 Å². The van der Waals surface area contributed by atoms with Crippen molar-refractivity contribution in [2.45, 2.75) is 44.8 Å². The van der Waals surface area contributed by atoms with Crippen LogP contribution in [0.1, 0.15) is 38.3 Å². The number of nitrogens with zero attached hydrogens (tertiary/aromatic N) is 1. The van der Waals surface area contributed by atoms with Gasteiger partial charge in [-0.05, 0) is 62.6 Å². The predicted molar refractivity (Wildman–Crippen MR) is 106 cm³/mol. The fourth-order valence-electron chi connectivity index (χ4n) is 3.63. The fraction of sp³-hybridized carbons (Fsp3) is 0.455. The summed E-state index contributed by atoms with van der Waals surface area (Å²) in [4.78, 5) is 26.2. The van der Waals surface area contributed by atoms with Gasteiger partial charge in [-0.2, -0.15) is 0 Å². The summed E-state index contributed by atoms with van der Waals surface area (Å²) in [5.41, 5.74) is 0.874. The Balaban J connectivity index is 2.08. The van der Waals surface area contributed by atoms with Gasteiger partial charge in [0.15, 0.2) is 17.3 Å². The number of rotatable bonds is 2. The molecule has 0 radical (unpaired) electrons. The lowest BCUT2D eigenvalue weighted by molar-refractivity contribution is -0.110. The smallest absolute Gasteiger partial charge is 0.410 e. The van der Waals surface area contributed by atoms with E-state index < -0.39 is 11.0 Å². The molecule has 0 saturated heterocycles. The zero-order valence-electron chi connectivity index (χ0n) is 17.1. The van der Waals surface area contributed by atoms with E-state index in [1.165, 1.54) is 0 Å². The van der Waals surface area contributed by atoms with Crippen LogP contribution in [0, 0.1) is 0 Å². The van der Waals surface area contributed by atoms with Gasteiger partial charge in [-0.1, -0.05) is 12.2 Å². The molecule has 150 valence electrons. The fourth-order valence-corrected chi connectivity index (χ4v) is 3.63. The number of hydrogen-bond donors (Lipinski definition) is 0. The molecule has 1 aliphatic heterocycles. The molecule has 0 saturated carbocycles. The SMILES string of the molecule is COc1cc2c(cc1OC)C1(C=CC(=O)C=C1)CCN(C(=O)OC(C)(C)C)C2. The molecule has 28 heavy (non-hydrogen) atoms. The van der Waals surface area contributed by atoms with Gasteiger partial charge in [-0.3, -0.25) is 4.79 Å². The number of hydrogen-bond acceptors (Lipinski definition) is 5. The van der Waals surface area contributed by atoms with Crippen molar-refractivity contribution in [2.24, 2.45) is 0 Å². The summed E-state index contributed by atoms with van der Waals surface area (Å²) in [6.45, 7) is 6.44. The highest BCUT2D eigenvalue weighted by Crippen LogP contribution is 2.43. The van der Waals surface area contributed by atoms with Gasteiger partial charge in [0.25, 0.3) is 0 Å². The quantitative estimate of drug-likeness (QED) is 0.775. The van der Waals surface area contributed by atoms with Crippen LogP contribution in [0.25, 0.3) is 0 Å². The maximum Gasteiger partial charge on any atom is 0.410 e. The summed E-state index contributed by atoms with van der Waals surface area (Å²) in [7, 11) is 3.18. The molecule has 1 aliphatic carbocycles. The summed E-state index contributed by atoms with van der Waals surface area (Å²) in [5.74, 6) is 1.17. The van der Waals surface area contributed by atoms with Crippen molar-refractivity contribution in [1.29, 1.82) is 0 Å². The monoisotopic (exact) mass is 385 g/mol. The molecule has 1 aromatic rings. The maximum absolute atomic E-state index is 12.7. The first-order valence-electron chi connectivity index (χ1n) is 9.33. The van der Waals surface area contributed by atoms with Crippen LogP contribution in [0.2, 0.25) is 0 Å². The average molecular weight is 385 g/mol. The summed E-state index contributed by atoms with van der Waals surface area (Å²) in [6.07, 6.45) is 7.28. The molecule has 0 N–H and O–H groups in total. The van der Waals surface area contributed by atoms with Crippen LogP contribution in [-0.4, -0.2) is 43.1 Å². The number of carbonyl (C=O) groups is 2. The van der Waals surface area contributed by atoms with Gasteiger partial charge in [0.05, 0.1) is 14.2 Å². The number of ether oxygens (including phenoxy) is 3. The lowest BCUT2D eigenvalue weighted by Crippen LogP contribution is -2.37. The normalized spacial score (nSPS) is 17.9. The van der Waals surface area contributed by atoms with E-state index in [9.17, 15) is 9.59 Å². The Morgan fingerprint density at radius 1 is 1.07 bits per heavy atom. The molecule has 0 bridgehead atoms. The largest absolute Gasteiger partial charge is 0.493 e. The van der Waals surface area contributed by atoms with Crippen LogP contribution >= 0.6 is 0 Å². The molecule has 6 nitrogen and oxygen atoms in total. The molecule has 0 unspecified atom stereocenters. The lowest BCUT2D eigenvalue weighted by atomic mass is 9.73. The summed E-state index contributed by atoms with van der Waals surface area (Å²) < 4.78 is 16.5. The highest BCUT2D eigenvalue weighted by Gasteiger charge is 2.37. The lowest BCUT2D eigenvalue weighted by Gasteiger charge is -2.30. The van der Waals surface area contributed by atoms with Gasteiger partial charge in [0, 0.05) is 18.5 Å². The van der Waals surface area contributed by atoms with Crippen molar-refractivity contribution in [3.63, 3.8) is 0 Å². The highest BCUT2D eigenvalue weighted by molar-refractivity contribution is 6.00. The van der Waals surface area contributed by atoms with E-state index in [0.29, 0.717) is 31.0 Å². The topological polar surface area (TPSA) is 65.1 Å². The van der Waals surface area contributed by atoms with Gasteiger partial charge >= 0.3 is 6.09 Å². The highest BCUT2D eigenvalue weighted by atomic mass is 16.6. The molecule has 2 aliphatic rings. The number of carbonyl (C=O) groups excluding carboxylic acids is 2. The van der Waals surface area contributed by atoms with Crippen LogP contribution in [-0.2, 0) is 21.5 Å². The molecule has 1 heterocycles. The Labute approximate surface area is 165 Å². The Hall–Kier alpha value is -2.76.